The van der Waals surface area contributed by atoms with Gasteiger partial charge in [0.15, 0.2) is 0 Å². The molecule has 5 aromatic rings. The molecule has 0 aliphatic heterocycles. The summed E-state index contributed by atoms with van der Waals surface area (Å²) in [6, 6.07) is 35.3. The number of aliphatic imine (C=N–C) groups is 1. The summed E-state index contributed by atoms with van der Waals surface area (Å²) in [6.07, 6.45) is 1.91. The van der Waals surface area contributed by atoms with E-state index in [1.807, 2.05) is 48.7 Å². The van der Waals surface area contributed by atoms with Crippen molar-refractivity contribution in [2.75, 3.05) is 0 Å². The molecule has 0 saturated heterocycles. The molecule has 0 saturated carbocycles. The minimum atomic E-state index is -0.377. The zero-order valence-electron chi connectivity index (χ0n) is 20.1. The quantitative estimate of drug-likeness (QED) is 0.143. The molecular weight excluding hydrogens is 446 g/mol. The summed E-state index contributed by atoms with van der Waals surface area (Å²) in [7, 11) is 0. The van der Waals surface area contributed by atoms with Crippen molar-refractivity contribution in [1.29, 1.82) is 0 Å². The van der Waals surface area contributed by atoms with Gasteiger partial charge in [0.2, 0.25) is 0 Å². The van der Waals surface area contributed by atoms with Crippen LogP contribution in [0.15, 0.2) is 114 Å². The molecule has 0 N–H and O–H groups in total. The maximum absolute atomic E-state index is 11.3. The molecule has 36 heavy (non-hydrogen) atoms. The van der Waals surface area contributed by atoms with Crippen LogP contribution in [0.4, 0.5) is 11.4 Å². The Morgan fingerprint density at radius 2 is 1.42 bits per heavy atom. The number of nitrogens with zero attached hydrogens (tertiary/aromatic N) is 3. The lowest BCUT2D eigenvalue weighted by Crippen LogP contribution is -2.01. The van der Waals surface area contributed by atoms with Gasteiger partial charge in [0.1, 0.15) is 0 Å². The van der Waals surface area contributed by atoms with Gasteiger partial charge in [0.05, 0.1) is 22.0 Å². The van der Waals surface area contributed by atoms with Gasteiger partial charge in [-0.2, -0.15) is 0 Å². The highest BCUT2D eigenvalue weighted by Crippen LogP contribution is 2.36. The van der Waals surface area contributed by atoms with Crippen LogP contribution in [0.2, 0.25) is 0 Å². The Hall–Kier alpha value is -4.77. The number of nitro groups is 1. The molecule has 5 nitrogen and oxygen atoms in total. The number of aryl methyl sites for hydroxylation is 2. The third-order valence-corrected chi connectivity index (χ3v) is 6.16. The Labute approximate surface area is 210 Å². The fourth-order valence-corrected chi connectivity index (χ4v) is 4.42. The molecule has 0 amide bonds. The maximum Gasteiger partial charge on any atom is 0.269 e. The van der Waals surface area contributed by atoms with Gasteiger partial charge in [-0.25, -0.2) is 0 Å². The molecule has 0 radical (unpaired) electrons. The first-order valence-corrected chi connectivity index (χ1v) is 11.7. The van der Waals surface area contributed by atoms with Gasteiger partial charge < -0.3 is 4.57 Å². The number of hydrogen-bond acceptors (Lipinski definition) is 3. The summed E-state index contributed by atoms with van der Waals surface area (Å²) in [5.74, 6) is 0. The third-order valence-electron chi connectivity index (χ3n) is 6.16. The van der Waals surface area contributed by atoms with E-state index in [0.717, 1.165) is 45.0 Å². The van der Waals surface area contributed by atoms with E-state index in [9.17, 15) is 10.1 Å². The summed E-state index contributed by atoms with van der Waals surface area (Å²) >= 11 is 0. The van der Waals surface area contributed by atoms with Gasteiger partial charge in [-0.1, -0.05) is 78.4 Å². The molecule has 4 aromatic carbocycles. The van der Waals surface area contributed by atoms with Crippen LogP contribution in [0.3, 0.4) is 0 Å². The topological polar surface area (TPSA) is 60.4 Å². The van der Waals surface area contributed by atoms with E-state index in [-0.39, 0.29) is 10.6 Å². The van der Waals surface area contributed by atoms with Crippen molar-refractivity contribution in [1.82, 2.24) is 4.57 Å². The predicted octanol–water partition coefficient (Wildman–Crippen LogP) is 8.09. The largest absolute Gasteiger partial charge is 0.309 e. The van der Waals surface area contributed by atoms with Crippen LogP contribution < -0.4 is 0 Å². The second kappa shape index (κ2) is 9.84. The smallest absolute Gasteiger partial charge is 0.269 e. The van der Waals surface area contributed by atoms with Crippen LogP contribution in [0.1, 0.15) is 16.7 Å². The highest BCUT2D eigenvalue weighted by Gasteiger charge is 2.19. The third kappa shape index (κ3) is 4.59. The van der Waals surface area contributed by atoms with Crippen molar-refractivity contribution in [2.24, 2.45) is 4.99 Å². The summed E-state index contributed by atoms with van der Waals surface area (Å²) in [6.45, 7) is 4.14. The number of aromatic nitrogens is 1. The van der Waals surface area contributed by atoms with Crippen molar-refractivity contribution < 1.29 is 4.92 Å². The standard InChI is InChI=1S/C31H25N3O2/c1-22-13-18-29(23(2)19-22)32-21-26-20-30(24-9-5-3-6-10-24)33(31(26)25-11-7-4-8-12-25)27-14-16-28(17-15-27)34(35)36/h3-21H,1-2H3. The molecule has 0 unspecified atom stereocenters. The Balaban J connectivity index is 1.76. The number of benzene rings is 4. The fraction of sp³-hybridized carbons (Fsp3) is 0.0645. The normalized spacial score (nSPS) is 11.2. The minimum Gasteiger partial charge on any atom is -0.309 e. The zero-order chi connectivity index (χ0) is 25.1. The van der Waals surface area contributed by atoms with Crippen LogP contribution in [-0.2, 0) is 0 Å². The zero-order valence-corrected chi connectivity index (χ0v) is 20.1. The molecule has 5 heteroatoms. The summed E-state index contributed by atoms with van der Waals surface area (Å²) in [5, 5.41) is 11.3. The van der Waals surface area contributed by atoms with Crippen molar-refractivity contribution in [2.45, 2.75) is 13.8 Å². The first-order valence-electron chi connectivity index (χ1n) is 11.7. The van der Waals surface area contributed by atoms with E-state index < -0.39 is 0 Å². The number of non-ortho nitro benzene ring substituents is 1. The SMILES string of the molecule is Cc1ccc(N=Cc2cc(-c3ccccc3)n(-c3ccc([N+](=O)[O-])cc3)c2-c2ccccc2)c(C)c1. The van der Waals surface area contributed by atoms with Crippen LogP contribution in [0.5, 0.6) is 0 Å². The molecule has 5 rings (SSSR count). The van der Waals surface area contributed by atoms with Gasteiger partial charge in [-0.15, -0.1) is 0 Å². The lowest BCUT2D eigenvalue weighted by atomic mass is 10.1. The monoisotopic (exact) mass is 471 g/mol. The molecule has 0 atom stereocenters. The van der Waals surface area contributed by atoms with E-state index in [4.69, 9.17) is 4.99 Å². The molecule has 0 bridgehead atoms. The van der Waals surface area contributed by atoms with Crippen molar-refractivity contribution in [3.05, 3.63) is 136 Å². The first kappa shape index (κ1) is 23.0. The van der Waals surface area contributed by atoms with Crippen molar-refractivity contribution >= 4 is 17.6 Å². The Morgan fingerprint density at radius 1 is 0.778 bits per heavy atom. The van der Waals surface area contributed by atoms with E-state index in [2.05, 4.69) is 60.9 Å². The number of hydrogen-bond donors (Lipinski definition) is 0. The molecule has 1 heterocycles. The lowest BCUT2D eigenvalue weighted by Gasteiger charge is -2.15. The number of rotatable bonds is 6. The average molecular weight is 472 g/mol. The molecule has 0 spiro atoms. The average Bonchev–Trinajstić information content (AvgIpc) is 3.29. The molecule has 176 valence electrons. The maximum atomic E-state index is 11.3. The van der Waals surface area contributed by atoms with Crippen LogP contribution in [0.25, 0.3) is 28.2 Å². The fourth-order valence-electron chi connectivity index (χ4n) is 4.42. The second-order valence-corrected chi connectivity index (χ2v) is 8.72. The molecule has 1 aromatic heterocycles. The predicted molar refractivity (Wildman–Crippen MR) is 146 cm³/mol. The van der Waals surface area contributed by atoms with E-state index in [1.54, 1.807) is 24.3 Å². The highest BCUT2D eigenvalue weighted by molar-refractivity contribution is 5.94. The van der Waals surface area contributed by atoms with Crippen LogP contribution in [-0.4, -0.2) is 15.7 Å². The molecular formula is C31H25N3O2. The number of nitro benzene ring substituents is 1. The summed E-state index contributed by atoms with van der Waals surface area (Å²) in [5.41, 5.74) is 9.11. The Morgan fingerprint density at radius 3 is 2.03 bits per heavy atom. The van der Waals surface area contributed by atoms with E-state index >= 15 is 0 Å². The lowest BCUT2D eigenvalue weighted by molar-refractivity contribution is -0.384. The van der Waals surface area contributed by atoms with Gasteiger partial charge in [-0.3, -0.25) is 15.1 Å². The van der Waals surface area contributed by atoms with Gasteiger partial charge >= 0.3 is 0 Å². The minimum absolute atomic E-state index is 0.0602. The van der Waals surface area contributed by atoms with E-state index in [1.165, 1.54) is 5.56 Å². The van der Waals surface area contributed by atoms with Crippen molar-refractivity contribution in [3.63, 3.8) is 0 Å². The summed E-state index contributed by atoms with van der Waals surface area (Å²) < 4.78 is 2.15. The van der Waals surface area contributed by atoms with Gasteiger partial charge in [0, 0.05) is 29.6 Å². The first-order chi connectivity index (χ1) is 17.5. The van der Waals surface area contributed by atoms with Crippen LogP contribution >= 0.6 is 0 Å². The second-order valence-electron chi connectivity index (χ2n) is 8.72. The Bertz CT molecular complexity index is 1550. The Kier molecular flexibility index (Phi) is 6.29. The molecule has 0 aliphatic carbocycles. The molecule has 0 aliphatic rings. The highest BCUT2D eigenvalue weighted by atomic mass is 16.6. The van der Waals surface area contributed by atoms with Gasteiger partial charge in [-0.05, 0) is 54.8 Å². The van der Waals surface area contributed by atoms with Crippen molar-refractivity contribution in [3.8, 4) is 28.2 Å². The summed E-state index contributed by atoms with van der Waals surface area (Å²) in [4.78, 5) is 15.8. The van der Waals surface area contributed by atoms with Crippen LogP contribution in [0, 0.1) is 24.0 Å². The molecule has 0 fully saturated rings. The van der Waals surface area contributed by atoms with E-state index in [0.29, 0.717) is 0 Å². The van der Waals surface area contributed by atoms with Gasteiger partial charge in [0.25, 0.3) is 5.69 Å².